The Bertz CT molecular complexity index is 527. The zero-order valence-electron chi connectivity index (χ0n) is 12.3. The third kappa shape index (κ3) is 5.39. The van der Waals surface area contributed by atoms with E-state index in [1.54, 1.807) is 12.1 Å². The normalized spacial score (nSPS) is 17.7. The number of nitrogens with one attached hydrogen (secondary N) is 1. The molecule has 2 rings (SSSR count). The standard InChI is InChI=1S/C15H17F4NO2S/c16-12-3-1-11(2-4-12)14(5-7-22-8-6-14)10-20-13(21)9-23-15(17,18)19/h1-4H,5-10H2,(H,20,21). The fourth-order valence-corrected chi connectivity index (χ4v) is 3.00. The summed E-state index contributed by atoms with van der Waals surface area (Å²) in [5.41, 5.74) is -4.01. The third-order valence-corrected chi connectivity index (χ3v) is 4.63. The van der Waals surface area contributed by atoms with Crippen molar-refractivity contribution in [3.05, 3.63) is 35.6 Å². The summed E-state index contributed by atoms with van der Waals surface area (Å²) >= 11 is -0.361. The summed E-state index contributed by atoms with van der Waals surface area (Å²) in [6.45, 7) is 1.19. The monoisotopic (exact) mass is 351 g/mol. The summed E-state index contributed by atoms with van der Waals surface area (Å²) in [4.78, 5) is 11.6. The molecular weight excluding hydrogens is 334 g/mol. The summed E-state index contributed by atoms with van der Waals surface area (Å²) < 4.78 is 54.8. The van der Waals surface area contributed by atoms with Crippen molar-refractivity contribution < 1.29 is 27.1 Å². The van der Waals surface area contributed by atoms with Crippen LogP contribution in [-0.2, 0) is 14.9 Å². The number of hydrogen-bond donors (Lipinski definition) is 1. The Morgan fingerprint density at radius 1 is 1.22 bits per heavy atom. The van der Waals surface area contributed by atoms with Gasteiger partial charge in [-0.25, -0.2) is 4.39 Å². The molecule has 1 heterocycles. The third-order valence-electron chi connectivity index (χ3n) is 3.90. The van der Waals surface area contributed by atoms with Crippen molar-refractivity contribution in [1.82, 2.24) is 5.32 Å². The van der Waals surface area contributed by atoms with E-state index in [2.05, 4.69) is 5.32 Å². The van der Waals surface area contributed by atoms with Gasteiger partial charge in [-0.15, -0.1) is 0 Å². The van der Waals surface area contributed by atoms with Crippen LogP contribution in [-0.4, -0.2) is 36.9 Å². The highest BCUT2D eigenvalue weighted by molar-refractivity contribution is 8.00. The first-order valence-corrected chi connectivity index (χ1v) is 8.10. The molecule has 0 unspecified atom stereocenters. The van der Waals surface area contributed by atoms with Crippen LogP contribution in [0, 0.1) is 5.82 Å². The second kappa shape index (κ2) is 7.53. The maximum absolute atomic E-state index is 13.1. The van der Waals surface area contributed by atoms with Gasteiger partial charge in [-0.2, -0.15) is 13.2 Å². The summed E-state index contributed by atoms with van der Waals surface area (Å²) in [5.74, 6) is -1.69. The van der Waals surface area contributed by atoms with E-state index in [0.29, 0.717) is 26.1 Å². The molecule has 1 saturated heterocycles. The number of rotatable bonds is 5. The van der Waals surface area contributed by atoms with Crippen LogP contribution in [0.3, 0.4) is 0 Å². The molecule has 1 aliphatic rings. The Labute approximate surface area is 135 Å². The van der Waals surface area contributed by atoms with Gasteiger partial charge >= 0.3 is 5.51 Å². The van der Waals surface area contributed by atoms with E-state index in [4.69, 9.17) is 4.74 Å². The molecule has 1 aliphatic heterocycles. The molecule has 0 atom stereocenters. The molecule has 0 bridgehead atoms. The van der Waals surface area contributed by atoms with E-state index in [0.717, 1.165) is 5.56 Å². The van der Waals surface area contributed by atoms with Crippen LogP contribution in [0.4, 0.5) is 17.6 Å². The van der Waals surface area contributed by atoms with E-state index >= 15 is 0 Å². The van der Waals surface area contributed by atoms with Crippen LogP contribution >= 0.6 is 11.8 Å². The van der Waals surface area contributed by atoms with E-state index in [1.807, 2.05) is 0 Å². The van der Waals surface area contributed by atoms with Crippen molar-refractivity contribution in [2.45, 2.75) is 23.8 Å². The van der Waals surface area contributed by atoms with Crippen molar-refractivity contribution in [2.75, 3.05) is 25.5 Å². The molecular formula is C15H17F4NO2S. The van der Waals surface area contributed by atoms with Gasteiger partial charge in [-0.05, 0) is 42.3 Å². The Balaban J connectivity index is 2.01. The average molecular weight is 351 g/mol. The van der Waals surface area contributed by atoms with Gasteiger partial charge < -0.3 is 10.1 Å². The number of amides is 1. The smallest absolute Gasteiger partial charge is 0.381 e. The predicted molar refractivity (Wildman–Crippen MR) is 79.7 cm³/mol. The van der Waals surface area contributed by atoms with Crippen LogP contribution in [0.1, 0.15) is 18.4 Å². The maximum atomic E-state index is 13.1. The van der Waals surface area contributed by atoms with Gasteiger partial charge in [0.2, 0.25) is 5.91 Å². The van der Waals surface area contributed by atoms with Crippen molar-refractivity contribution >= 4 is 17.7 Å². The van der Waals surface area contributed by atoms with Gasteiger partial charge in [-0.3, -0.25) is 4.79 Å². The number of carbonyl (C=O) groups excluding carboxylic acids is 1. The van der Waals surface area contributed by atoms with Gasteiger partial charge in [0.05, 0.1) is 5.75 Å². The molecule has 0 aromatic heterocycles. The summed E-state index contributed by atoms with van der Waals surface area (Å²) in [5, 5.41) is 2.57. The fraction of sp³-hybridized carbons (Fsp3) is 0.533. The van der Waals surface area contributed by atoms with Gasteiger partial charge in [0.15, 0.2) is 0 Å². The Hall–Kier alpha value is -1.28. The second-order valence-electron chi connectivity index (χ2n) is 5.41. The predicted octanol–water partition coefficient (Wildman–Crippen LogP) is 3.24. The molecule has 0 aliphatic carbocycles. The summed E-state index contributed by atoms with van der Waals surface area (Å²) in [7, 11) is 0. The van der Waals surface area contributed by atoms with Crippen molar-refractivity contribution in [1.29, 1.82) is 0 Å². The number of halogens is 4. The maximum Gasteiger partial charge on any atom is 0.442 e. The SMILES string of the molecule is O=C(CSC(F)(F)F)NCC1(c2ccc(F)cc2)CCOCC1. The highest BCUT2D eigenvalue weighted by atomic mass is 32.2. The molecule has 1 amide bonds. The summed E-state index contributed by atoms with van der Waals surface area (Å²) in [6, 6.07) is 5.98. The lowest BCUT2D eigenvalue weighted by atomic mass is 9.74. The minimum Gasteiger partial charge on any atom is -0.381 e. The van der Waals surface area contributed by atoms with Crippen LogP contribution in [0.15, 0.2) is 24.3 Å². The first-order valence-electron chi connectivity index (χ1n) is 7.12. The minimum atomic E-state index is -4.43. The number of hydrogen-bond acceptors (Lipinski definition) is 3. The molecule has 1 aromatic rings. The quantitative estimate of drug-likeness (QED) is 0.828. The number of ether oxygens (including phenoxy) is 1. The van der Waals surface area contributed by atoms with Crippen molar-refractivity contribution in [3.8, 4) is 0 Å². The number of alkyl halides is 3. The van der Waals surface area contributed by atoms with E-state index < -0.39 is 22.6 Å². The topological polar surface area (TPSA) is 38.3 Å². The van der Waals surface area contributed by atoms with Crippen LogP contribution in [0.2, 0.25) is 0 Å². The Kier molecular flexibility index (Phi) is 5.91. The van der Waals surface area contributed by atoms with E-state index in [9.17, 15) is 22.4 Å². The zero-order chi connectivity index (χ0) is 16.9. The molecule has 0 radical (unpaired) electrons. The van der Waals surface area contributed by atoms with Crippen LogP contribution in [0.5, 0.6) is 0 Å². The fourth-order valence-electron chi connectivity index (χ4n) is 2.60. The molecule has 1 aromatic carbocycles. The summed E-state index contributed by atoms with van der Waals surface area (Å²) in [6.07, 6.45) is 1.23. The highest BCUT2D eigenvalue weighted by Gasteiger charge is 2.35. The van der Waals surface area contributed by atoms with Gasteiger partial charge in [0, 0.05) is 25.2 Å². The van der Waals surface area contributed by atoms with E-state index in [-0.39, 0.29) is 24.1 Å². The minimum absolute atomic E-state index is 0.208. The van der Waals surface area contributed by atoms with Gasteiger partial charge in [-0.1, -0.05) is 12.1 Å². The number of carbonyl (C=O) groups is 1. The lowest BCUT2D eigenvalue weighted by molar-refractivity contribution is -0.119. The first kappa shape index (κ1) is 18.1. The molecule has 0 saturated carbocycles. The Morgan fingerprint density at radius 2 is 1.83 bits per heavy atom. The number of benzene rings is 1. The van der Waals surface area contributed by atoms with E-state index in [1.165, 1.54) is 12.1 Å². The lowest BCUT2D eigenvalue weighted by Crippen LogP contribution is -2.45. The highest BCUT2D eigenvalue weighted by Crippen LogP contribution is 2.34. The average Bonchev–Trinajstić information content (AvgIpc) is 2.52. The zero-order valence-corrected chi connectivity index (χ0v) is 13.1. The van der Waals surface area contributed by atoms with Crippen LogP contribution < -0.4 is 5.32 Å². The number of thioether (sulfide) groups is 1. The molecule has 0 spiro atoms. The Morgan fingerprint density at radius 3 is 2.39 bits per heavy atom. The molecule has 8 heteroatoms. The van der Waals surface area contributed by atoms with Crippen molar-refractivity contribution in [3.63, 3.8) is 0 Å². The molecule has 1 N–H and O–H groups in total. The van der Waals surface area contributed by atoms with Gasteiger partial charge in [0.1, 0.15) is 5.82 Å². The largest absolute Gasteiger partial charge is 0.442 e. The molecule has 1 fully saturated rings. The second-order valence-corrected chi connectivity index (χ2v) is 6.45. The molecule has 3 nitrogen and oxygen atoms in total. The van der Waals surface area contributed by atoms with Crippen molar-refractivity contribution in [2.24, 2.45) is 0 Å². The molecule has 23 heavy (non-hydrogen) atoms. The molecule has 128 valence electrons. The first-order chi connectivity index (χ1) is 10.8. The lowest BCUT2D eigenvalue weighted by Gasteiger charge is -2.38. The van der Waals surface area contributed by atoms with Crippen LogP contribution in [0.25, 0.3) is 0 Å². The van der Waals surface area contributed by atoms with Gasteiger partial charge in [0.25, 0.3) is 0 Å².